The lowest BCUT2D eigenvalue weighted by Crippen LogP contribution is -2.22. The van der Waals surface area contributed by atoms with E-state index in [1.807, 2.05) is 6.07 Å². The maximum Gasteiger partial charge on any atom is 0.123 e. The second-order valence-electron chi connectivity index (χ2n) is 4.65. The number of nitrogens with one attached hydrogen (secondary N) is 1. The Labute approximate surface area is 115 Å². The molecule has 1 N–H and O–H groups in total. The molecule has 2 heterocycles. The van der Waals surface area contributed by atoms with Crippen molar-refractivity contribution >= 4 is 11.3 Å². The molecular formula is C15H13FN2S. The number of benzene rings is 1. The van der Waals surface area contributed by atoms with E-state index in [2.05, 4.69) is 11.4 Å². The van der Waals surface area contributed by atoms with Gasteiger partial charge in [0, 0.05) is 29.3 Å². The molecule has 1 aliphatic rings. The molecule has 0 saturated heterocycles. The molecule has 0 bridgehead atoms. The largest absolute Gasteiger partial charge is 0.312 e. The molecule has 4 heteroatoms. The molecule has 2 aromatic rings. The molecule has 0 unspecified atom stereocenters. The first-order valence-corrected chi connectivity index (χ1v) is 7.08. The van der Waals surface area contributed by atoms with Crippen LogP contribution in [0.2, 0.25) is 0 Å². The van der Waals surface area contributed by atoms with Gasteiger partial charge in [-0.3, -0.25) is 0 Å². The summed E-state index contributed by atoms with van der Waals surface area (Å²) >= 11 is 1.70. The van der Waals surface area contributed by atoms with Gasteiger partial charge in [-0.1, -0.05) is 12.1 Å². The van der Waals surface area contributed by atoms with Crippen molar-refractivity contribution in [1.29, 1.82) is 5.26 Å². The molecule has 1 aromatic heterocycles. The van der Waals surface area contributed by atoms with Crippen molar-refractivity contribution < 1.29 is 4.39 Å². The van der Waals surface area contributed by atoms with Gasteiger partial charge < -0.3 is 5.32 Å². The normalized spacial score (nSPS) is 13.9. The highest BCUT2D eigenvalue weighted by molar-refractivity contribution is 7.12. The highest BCUT2D eigenvalue weighted by atomic mass is 32.1. The Kier molecular flexibility index (Phi) is 3.33. The zero-order chi connectivity index (χ0) is 13.2. The molecule has 0 fully saturated rings. The fourth-order valence-corrected chi connectivity index (χ4v) is 3.77. The summed E-state index contributed by atoms with van der Waals surface area (Å²) < 4.78 is 13.2. The summed E-state index contributed by atoms with van der Waals surface area (Å²) in [4.78, 5) is 2.36. The summed E-state index contributed by atoms with van der Waals surface area (Å²) in [5, 5.41) is 12.6. The molecule has 0 atom stereocenters. The van der Waals surface area contributed by atoms with E-state index in [-0.39, 0.29) is 5.82 Å². The topological polar surface area (TPSA) is 35.8 Å². The molecule has 1 aromatic carbocycles. The SMILES string of the molecule is N#Cc1c(Cc2cccc(F)c2)sc2c1CNCC2. The lowest BCUT2D eigenvalue weighted by Gasteiger charge is -2.11. The average molecular weight is 272 g/mol. The van der Waals surface area contributed by atoms with Gasteiger partial charge in [0.25, 0.3) is 0 Å². The van der Waals surface area contributed by atoms with Gasteiger partial charge in [-0.05, 0) is 29.7 Å². The molecule has 96 valence electrons. The minimum absolute atomic E-state index is 0.223. The summed E-state index contributed by atoms with van der Waals surface area (Å²) in [6.07, 6.45) is 1.62. The molecule has 2 nitrogen and oxygen atoms in total. The van der Waals surface area contributed by atoms with Crippen LogP contribution in [0.25, 0.3) is 0 Å². The van der Waals surface area contributed by atoms with E-state index in [4.69, 9.17) is 0 Å². The molecule has 3 rings (SSSR count). The van der Waals surface area contributed by atoms with E-state index in [9.17, 15) is 9.65 Å². The number of hydrogen-bond donors (Lipinski definition) is 1. The molecule has 0 amide bonds. The Bertz CT molecular complexity index is 655. The first-order chi connectivity index (χ1) is 9.28. The smallest absolute Gasteiger partial charge is 0.123 e. The first kappa shape index (κ1) is 12.3. The molecule has 0 aliphatic carbocycles. The highest BCUT2D eigenvalue weighted by Gasteiger charge is 2.20. The zero-order valence-corrected chi connectivity index (χ0v) is 11.2. The highest BCUT2D eigenvalue weighted by Crippen LogP contribution is 2.32. The van der Waals surface area contributed by atoms with Crippen LogP contribution in [0.15, 0.2) is 24.3 Å². The third kappa shape index (κ3) is 2.40. The lowest BCUT2D eigenvalue weighted by atomic mass is 10.0. The summed E-state index contributed by atoms with van der Waals surface area (Å²) in [6.45, 7) is 1.75. The van der Waals surface area contributed by atoms with E-state index in [0.717, 1.165) is 41.1 Å². The van der Waals surface area contributed by atoms with Crippen molar-refractivity contribution in [1.82, 2.24) is 5.32 Å². The Morgan fingerprint density at radius 3 is 3.11 bits per heavy atom. The van der Waals surface area contributed by atoms with Crippen LogP contribution in [-0.4, -0.2) is 6.54 Å². The predicted molar refractivity (Wildman–Crippen MR) is 73.7 cm³/mol. The Balaban J connectivity index is 1.97. The van der Waals surface area contributed by atoms with Crippen molar-refractivity contribution in [3.05, 3.63) is 56.5 Å². The van der Waals surface area contributed by atoms with Crippen molar-refractivity contribution in [3.8, 4) is 6.07 Å². The fourth-order valence-electron chi connectivity index (χ4n) is 2.46. The summed E-state index contributed by atoms with van der Waals surface area (Å²) in [5.74, 6) is -0.223. The number of fused-ring (bicyclic) bond motifs is 1. The van der Waals surface area contributed by atoms with Crippen LogP contribution in [0.3, 0.4) is 0 Å². The van der Waals surface area contributed by atoms with Gasteiger partial charge in [0.05, 0.1) is 5.56 Å². The predicted octanol–water partition coefficient (Wildman–Crippen LogP) is 3.00. The quantitative estimate of drug-likeness (QED) is 0.912. The molecule has 0 radical (unpaired) electrons. The monoisotopic (exact) mass is 272 g/mol. The lowest BCUT2D eigenvalue weighted by molar-refractivity contribution is 0.626. The van der Waals surface area contributed by atoms with Crippen LogP contribution in [0.1, 0.15) is 26.4 Å². The zero-order valence-electron chi connectivity index (χ0n) is 10.4. The average Bonchev–Trinajstić information content (AvgIpc) is 2.75. The van der Waals surface area contributed by atoms with Crippen molar-refractivity contribution in [2.75, 3.05) is 6.54 Å². The second kappa shape index (κ2) is 5.12. The molecule has 0 spiro atoms. The maximum absolute atomic E-state index is 13.2. The van der Waals surface area contributed by atoms with Crippen LogP contribution < -0.4 is 5.32 Å². The van der Waals surface area contributed by atoms with Crippen LogP contribution in [0.5, 0.6) is 0 Å². The number of hydrogen-bond acceptors (Lipinski definition) is 3. The maximum atomic E-state index is 13.2. The third-order valence-electron chi connectivity index (χ3n) is 3.36. The van der Waals surface area contributed by atoms with Crippen LogP contribution in [0.4, 0.5) is 4.39 Å². The fraction of sp³-hybridized carbons (Fsp3) is 0.267. The number of thiophene rings is 1. The molecule has 1 aliphatic heterocycles. The number of nitrogens with zero attached hydrogens (tertiary/aromatic N) is 1. The van der Waals surface area contributed by atoms with Gasteiger partial charge in [0.1, 0.15) is 11.9 Å². The summed E-state index contributed by atoms with van der Waals surface area (Å²) in [6, 6.07) is 8.92. The van der Waals surface area contributed by atoms with E-state index in [1.165, 1.54) is 17.0 Å². The Hall–Kier alpha value is -1.70. The van der Waals surface area contributed by atoms with E-state index in [0.29, 0.717) is 6.42 Å². The third-order valence-corrected chi connectivity index (χ3v) is 4.65. The Morgan fingerprint density at radius 2 is 2.32 bits per heavy atom. The number of halogens is 1. The first-order valence-electron chi connectivity index (χ1n) is 6.26. The van der Waals surface area contributed by atoms with E-state index >= 15 is 0 Å². The number of nitriles is 1. The molecule has 0 saturated carbocycles. The Morgan fingerprint density at radius 1 is 1.42 bits per heavy atom. The molecule has 19 heavy (non-hydrogen) atoms. The van der Waals surface area contributed by atoms with Gasteiger partial charge in [-0.15, -0.1) is 11.3 Å². The van der Waals surface area contributed by atoms with Gasteiger partial charge in [-0.25, -0.2) is 4.39 Å². The van der Waals surface area contributed by atoms with Crippen LogP contribution in [-0.2, 0) is 19.4 Å². The minimum atomic E-state index is -0.223. The van der Waals surface area contributed by atoms with Gasteiger partial charge in [0.2, 0.25) is 0 Å². The van der Waals surface area contributed by atoms with Crippen molar-refractivity contribution in [3.63, 3.8) is 0 Å². The summed E-state index contributed by atoms with van der Waals surface area (Å²) in [5.41, 5.74) is 2.85. The van der Waals surface area contributed by atoms with Crippen molar-refractivity contribution in [2.24, 2.45) is 0 Å². The van der Waals surface area contributed by atoms with Gasteiger partial charge in [0.15, 0.2) is 0 Å². The van der Waals surface area contributed by atoms with E-state index < -0.39 is 0 Å². The second-order valence-corrected chi connectivity index (χ2v) is 5.84. The van der Waals surface area contributed by atoms with E-state index in [1.54, 1.807) is 17.4 Å². The number of rotatable bonds is 2. The summed E-state index contributed by atoms with van der Waals surface area (Å²) in [7, 11) is 0. The molecular weight excluding hydrogens is 259 g/mol. The van der Waals surface area contributed by atoms with Gasteiger partial charge >= 0.3 is 0 Å². The van der Waals surface area contributed by atoms with Crippen molar-refractivity contribution in [2.45, 2.75) is 19.4 Å². The van der Waals surface area contributed by atoms with Crippen LogP contribution in [0, 0.1) is 17.1 Å². The van der Waals surface area contributed by atoms with Crippen LogP contribution >= 0.6 is 11.3 Å². The standard InChI is InChI=1S/C15H13FN2S/c16-11-3-1-2-10(6-11)7-15-12(8-17)13-9-18-5-4-14(13)19-15/h1-3,6,18H,4-5,7,9H2. The van der Waals surface area contributed by atoms with Gasteiger partial charge in [-0.2, -0.15) is 5.26 Å². The minimum Gasteiger partial charge on any atom is -0.312 e.